The molecule has 25 heavy (non-hydrogen) atoms. The number of hydrogen-bond acceptors (Lipinski definition) is 2. The summed E-state index contributed by atoms with van der Waals surface area (Å²) in [6.07, 6.45) is 5.44. The Morgan fingerprint density at radius 2 is 1.52 bits per heavy atom. The molecule has 1 saturated heterocycles. The van der Waals surface area contributed by atoms with Crippen LogP contribution in [0.3, 0.4) is 0 Å². The topological polar surface area (TPSA) is 12.5 Å². The third-order valence-electron chi connectivity index (χ3n) is 5.85. The van der Waals surface area contributed by atoms with Crippen LogP contribution in [0.5, 0.6) is 0 Å². The molecule has 1 aliphatic carbocycles. The molecule has 0 bridgehead atoms. The molecule has 132 valence electrons. The van der Waals surface area contributed by atoms with E-state index in [1.807, 2.05) is 0 Å². The van der Waals surface area contributed by atoms with Crippen LogP contribution >= 0.6 is 0 Å². The normalized spacial score (nSPS) is 19.8. The van der Waals surface area contributed by atoms with Gasteiger partial charge in [0, 0.05) is 25.1 Å². The Morgan fingerprint density at radius 3 is 2.04 bits per heavy atom. The maximum Gasteiger partial charge on any atom is 0.0602 e. The molecule has 1 heterocycles. The second-order valence-corrected chi connectivity index (χ2v) is 7.88. The van der Waals surface area contributed by atoms with Crippen LogP contribution in [0.25, 0.3) is 0 Å². The zero-order valence-electron chi connectivity index (χ0n) is 15.2. The van der Waals surface area contributed by atoms with Crippen molar-refractivity contribution in [2.24, 2.45) is 5.41 Å². The first-order valence-corrected chi connectivity index (χ1v) is 9.75. The third-order valence-corrected chi connectivity index (χ3v) is 5.85. The fraction of sp³-hybridized carbons (Fsp3) is 0.478. The molecule has 0 amide bonds. The minimum Gasteiger partial charge on any atom is -0.378 e. The summed E-state index contributed by atoms with van der Waals surface area (Å²) in [5.41, 5.74) is 3.33. The maximum absolute atomic E-state index is 6.00. The van der Waals surface area contributed by atoms with Crippen LogP contribution in [0.15, 0.2) is 60.7 Å². The minimum absolute atomic E-state index is 0.382. The SMILES string of the molecule is CCCCOC1CC2(C1)CN(C(c1ccccc1)c1ccccc1)C2. The van der Waals surface area contributed by atoms with Crippen LogP contribution < -0.4 is 0 Å². The van der Waals surface area contributed by atoms with Crippen molar-refractivity contribution in [1.29, 1.82) is 0 Å². The van der Waals surface area contributed by atoms with Gasteiger partial charge in [-0.3, -0.25) is 4.90 Å². The van der Waals surface area contributed by atoms with E-state index < -0.39 is 0 Å². The summed E-state index contributed by atoms with van der Waals surface area (Å²) in [6, 6.07) is 22.3. The van der Waals surface area contributed by atoms with Gasteiger partial charge in [0.25, 0.3) is 0 Å². The first-order valence-electron chi connectivity index (χ1n) is 9.75. The van der Waals surface area contributed by atoms with Gasteiger partial charge in [-0.1, -0.05) is 74.0 Å². The first-order chi connectivity index (χ1) is 12.3. The van der Waals surface area contributed by atoms with E-state index in [1.54, 1.807) is 0 Å². The van der Waals surface area contributed by atoms with Crippen LogP contribution in [-0.4, -0.2) is 30.7 Å². The van der Waals surface area contributed by atoms with E-state index in [1.165, 1.54) is 49.9 Å². The Bertz CT molecular complexity index is 616. The molecular formula is C23H29NO. The van der Waals surface area contributed by atoms with Crippen molar-refractivity contribution < 1.29 is 4.74 Å². The average molecular weight is 335 g/mol. The smallest absolute Gasteiger partial charge is 0.0602 e. The molecule has 4 rings (SSSR count). The minimum atomic E-state index is 0.382. The van der Waals surface area contributed by atoms with Crippen LogP contribution in [0.2, 0.25) is 0 Å². The molecule has 1 aliphatic heterocycles. The van der Waals surface area contributed by atoms with Crippen molar-refractivity contribution in [3.63, 3.8) is 0 Å². The summed E-state index contributed by atoms with van der Waals surface area (Å²) in [4.78, 5) is 2.65. The summed E-state index contributed by atoms with van der Waals surface area (Å²) in [5.74, 6) is 0. The Labute approximate surface area is 151 Å². The van der Waals surface area contributed by atoms with Gasteiger partial charge in [-0.05, 0) is 30.4 Å². The van der Waals surface area contributed by atoms with Crippen LogP contribution in [-0.2, 0) is 4.74 Å². The molecule has 1 saturated carbocycles. The van der Waals surface area contributed by atoms with Gasteiger partial charge in [-0.15, -0.1) is 0 Å². The zero-order valence-corrected chi connectivity index (χ0v) is 15.2. The summed E-state index contributed by atoms with van der Waals surface area (Å²) < 4.78 is 6.00. The second-order valence-electron chi connectivity index (χ2n) is 7.88. The molecule has 0 unspecified atom stereocenters. The summed E-state index contributed by atoms with van der Waals surface area (Å²) in [6.45, 7) is 5.57. The molecule has 2 nitrogen and oxygen atoms in total. The molecule has 2 fully saturated rings. The van der Waals surface area contributed by atoms with Gasteiger partial charge in [-0.2, -0.15) is 0 Å². The number of unbranched alkanes of at least 4 members (excludes halogenated alkanes) is 1. The molecule has 2 aromatic carbocycles. The third kappa shape index (κ3) is 3.51. The molecule has 0 N–H and O–H groups in total. The van der Waals surface area contributed by atoms with E-state index in [0.717, 1.165) is 6.61 Å². The maximum atomic E-state index is 6.00. The van der Waals surface area contributed by atoms with Crippen LogP contribution in [0, 0.1) is 5.41 Å². The molecule has 2 aromatic rings. The second kappa shape index (κ2) is 7.31. The molecule has 1 spiro atoms. The van der Waals surface area contributed by atoms with Gasteiger partial charge in [0.2, 0.25) is 0 Å². The highest BCUT2D eigenvalue weighted by Gasteiger charge is 2.54. The van der Waals surface area contributed by atoms with E-state index in [2.05, 4.69) is 72.5 Å². The lowest BCUT2D eigenvalue weighted by Gasteiger charge is -2.60. The van der Waals surface area contributed by atoms with Crippen LogP contribution in [0.4, 0.5) is 0 Å². The molecule has 2 aliphatic rings. The van der Waals surface area contributed by atoms with Gasteiger partial charge >= 0.3 is 0 Å². The summed E-state index contributed by atoms with van der Waals surface area (Å²) in [5, 5.41) is 0. The molecule has 2 heteroatoms. The monoisotopic (exact) mass is 335 g/mol. The number of rotatable bonds is 7. The van der Waals surface area contributed by atoms with Gasteiger partial charge in [-0.25, -0.2) is 0 Å². The lowest BCUT2D eigenvalue weighted by Crippen LogP contribution is -2.64. The lowest BCUT2D eigenvalue weighted by atomic mass is 9.61. The number of hydrogen-bond donors (Lipinski definition) is 0. The number of nitrogens with zero attached hydrogens (tertiary/aromatic N) is 1. The fourth-order valence-corrected chi connectivity index (χ4v) is 4.56. The molecule has 0 atom stereocenters. The Morgan fingerprint density at radius 1 is 0.960 bits per heavy atom. The summed E-state index contributed by atoms with van der Waals surface area (Å²) in [7, 11) is 0. The standard InChI is InChI=1S/C23H29NO/c1-2-3-14-25-21-15-23(16-21)17-24(18-23)22(19-10-6-4-7-11-19)20-12-8-5-9-13-20/h4-13,21-22H,2-3,14-18H2,1H3. The first kappa shape index (κ1) is 16.8. The zero-order chi connectivity index (χ0) is 17.1. The van der Waals surface area contributed by atoms with Crippen molar-refractivity contribution in [3.8, 4) is 0 Å². The van der Waals surface area contributed by atoms with Gasteiger partial charge in [0.05, 0.1) is 12.1 Å². The van der Waals surface area contributed by atoms with Crippen LogP contribution in [0.1, 0.15) is 49.8 Å². The number of ether oxygens (including phenoxy) is 1. The molecule has 0 aromatic heterocycles. The van der Waals surface area contributed by atoms with Crippen molar-refractivity contribution in [1.82, 2.24) is 4.90 Å². The molecular weight excluding hydrogens is 306 g/mol. The Balaban J connectivity index is 1.40. The van der Waals surface area contributed by atoms with Gasteiger partial charge < -0.3 is 4.74 Å². The van der Waals surface area contributed by atoms with Crippen molar-refractivity contribution in [2.75, 3.05) is 19.7 Å². The van der Waals surface area contributed by atoms with Crippen molar-refractivity contribution in [3.05, 3.63) is 71.8 Å². The quantitative estimate of drug-likeness (QED) is 0.656. The van der Waals surface area contributed by atoms with E-state index in [0.29, 0.717) is 17.6 Å². The number of likely N-dealkylation sites (tertiary alicyclic amines) is 1. The Kier molecular flexibility index (Phi) is 4.91. The highest BCUT2D eigenvalue weighted by atomic mass is 16.5. The van der Waals surface area contributed by atoms with Crippen molar-refractivity contribution >= 4 is 0 Å². The Hall–Kier alpha value is -1.64. The summed E-state index contributed by atoms with van der Waals surface area (Å²) >= 11 is 0. The average Bonchev–Trinajstić information content (AvgIpc) is 2.59. The van der Waals surface area contributed by atoms with Gasteiger partial charge in [0.1, 0.15) is 0 Å². The highest BCUT2D eigenvalue weighted by Crippen LogP contribution is 2.52. The largest absolute Gasteiger partial charge is 0.378 e. The predicted octanol–water partition coefficient (Wildman–Crippen LogP) is 5.06. The lowest BCUT2D eigenvalue weighted by molar-refractivity contribution is -0.158. The predicted molar refractivity (Wildman–Crippen MR) is 103 cm³/mol. The van der Waals surface area contributed by atoms with E-state index in [-0.39, 0.29) is 0 Å². The van der Waals surface area contributed by atoms with Crippen molar-refractivity contribution in [2.45, 2.75) is 44.8 Å². The van der Waals surface area contributed by atoms with E-state index >= 15 is 0 Å². The van der Waals surface area contributed by atoms with E-state index in [4.69, 9.17) is 4.74 Å². The number of benzene rings is 2. The molecule has 0 radical (unpaired) electrons. The highest BCUT2D eigenvalue weighted by molar-refractivity contribution is 5.33. The van der Waals surface area contributed by atoms with E-state index in [9.17, 15) is 0 Å². The van der Waals surface area contributed by atoms with Gasteiger partial charge in [0.15, 0.2) is 0 Å². The fourth-order valence-electron chi connectivity index (χ4n) is 4.56.